The van der Waals surface area contributed by atoms with Crippen molar-refractivity contribution in [3.05, 3.63) is 52.2 Å². The summed E-state index contributed by atoms with van der Waals surface area (Å²) in [4.78, 5) is 20.2. The van der Waals surface area contributed by atoms with Crippen molar-refractivity contribution in [1.82, 2.24) is 20.9 Å². The molecule has 2 heterocycles. The Hall–Kier alpha value is -1.89. The molecule has 1 aromatic carbocycles. The number of carbonyl (C=O) groups is 1. The molecule has 8 nitrogen and oxygen atoms in total. The van der Waals surface area contributed by atoms with Crippen LogP contribution in [0.4, 0.5) is 0 Å². The highest BCUT2D eigenvalue weighted by atomic mass is 127. The van der Waals surface area contributed by atoms with E-state index in [1.165, 1.54) is 4.88 Å². The van der Waals surface area contributed by atoms with E-state index in [1.807, 2.05) is 24.3 Å². The summed E-state index contributed by atoms with van der Waals surface area (Å²) in [6.45, 7) is 4.64. The smallest absolute Gasteiger partial charge is 0.239 e. The summed E-state index contributed by atoms with van der Waals surface area (Å²) < 4.78 is 10.6. The molecule has 1 amide bonds. The number of morpholine rings is 1. The maximum absolute atomic E-state index is 12.2. The fourth-order valence-electron chi connectivity index (χ4n) is 3.36. The van der Waals surface area contributed by atoms with E-state index < -0.39 is 0 Å². The standard InChI is InChI=1S/C22H31N5O3S.HI/c1-23-22(26-16-21(28)24-14-17-5-7-18(29-2)8-6-17)25-15-19(20-4-3-13-31-20)27-9-11-30-12-10-27;/h3-8,13,19H,9-12,14-16H2,1-2H3,(H,24,28)(H2,23,25,26);1H. The molecule has 1 atom stereocenters. The first-order valence-electron chi connectivity index (χ1n) is 10.4. The molecule has 0 aliphatic carbocycles. The van der Waals surface area contributed by atoms with Crippen LogP contribution in [0.2, 0.25) is 0 Å². The van der Waals surface area contributed by atoms with Gasteiger partial charge in [-0.1, -0.05) is 18.2 Å². The summed E-state index contributed by atoms with van der Waals surface area (Å²) in [5, 5.41) is 11.5. The van der Waals surface area contributed by atoms with Gasteiger partial charge >= 0.3 is 0 Å². The third-order valence-corrected chi connectivity index (χ3v) is 6.08. The summed E-state index contributed by atoms with van der Waals surface area (Å²) >= 11 is 1.75. The van der Waals surface area contributed by atoms with Gasteiger partial charge in [0.25, 0.3) is 0 Å². The number of benzene rings is 1. The van der Waals surface area contributed by atoms with Crippen molar-refractivity contribution < 1.29 is 14.3 Å². The van der Waals surface area contributed by atoms with Crippen LogP contribution in [0.25, 0.3) is 0 Å². The van der Waals surface area contributed by atoms with E-state index in [9.17, 15) is 4.79 Å². The highest BCUT2D eigenvalue weighted by Crippen LogP contribution is 2.25. The molecule has 0 saturated carbocycles. The highest BCUT2D eigenvalue weighted by Gasteiger charge is 2.23. The van der Waals surface area contributed by atoms with Crippen molar-refractivity contribution in [3.63, 3.8) is 0 Å². The van der Waals surface area contributed by atoms with Gasteiger partial charge in [-0.25, -0.2) is 0 Å². The third kappa shape index (κ3) is 8.23. The van der Waals surface area contributed by atoms with Crippen molar-refractivity contribution >= 4 is 47.2 Å². The second kappa shape index (κ2) is 14.3. The minimum absolute atomic E-state index is 0. The van der Waals surface area contributed by atoms with Crippen molar-refractivity contribution in [3.8, 4) is 5.75 Å². The average molecular weight is 574 g/mol. The maximum atomic E-state index is 12.2. The van der Waals surface area contributed by atoms with E-state index in [2.05, 4.69) is 43.4 Å². The Labute approximate surface area is 210 Å². The molecular formula is C22H32IN5O3S. The first-order chi connectivity index (χ1) is 15.2. The van der Waals surface area contributed by atoms with E-state index in [0.717, 1.165) is 37.6 Å². The molecule has 3 N–H and O–H groups in total. The minimum Gasteiger partial charge on any atom is -0.497 e. The van der Waals surface area contributed by atoms with Gasteiger partial charge < -0.3 is 25.4 Å². The van der Waals surface area contributed by atoms with Crippen LogP contribution >= 0.6 is 35.3 Å². The van der Waals surface area contributed by atoms with Crippen molar-refractivity contribution in [1.29, 1.82) is 0 Å². The summed E-state index contributed by atoms with van der Waals surface area (Å²) in [5.41, 5.74) is 1.01. The molecule has 1 aliphatic heterocycles. The lowest BCUT2D eigenvalue weighted by molar-refractivity contribution is -0.120. The molecule has 0 bridgehead atoms. The van der Waals surface area contributed by atoms with Crippen molar-refractivity contribution in [2.75, 3.05) is 53.6 Å². The summed E-state index contributed by atoms with van der Waals surface area (Å²) in [5.74, 6) is 1.31. The number of thiophene rings is 1. The topological polar surface area (TPSA) is 87.2 Å². The number of rotatable bonds is 9. The molecule has 1 unspecified atom stereocenters. The van der Waals surface area contributed by atoms with Gasteiger partial charge in [0, 0.05) is 38.1 Å². The summed E-state index contributed by atoms with van der Waals surface area (Å²) in [6.07, 6.45) is 0. The van der Waals surface area contributed by atoms with Gasteiger partial charge in [0.05, 0.1) is 32.9 Å². The van der Waals surface area contributed by atoms with Gasteiger partial charge in [0.15, 0.2) is 5.96 Å². The predicted molar refractivity (Wildman–Crippen MR) is 139 cm³/mol. The zero-order valence-corrected chi connectivity index (χ0v) is 21.7. The second-order valence-electron chi connectivity index (χ2n) is 7.11. The monoisotopic (exact) mass is 573 g/mol. The number of guanidine groups is 1. The van der Waals surface area contributed by atoms with Crippen LogP contribution in [0.15, 0.2) is 46.8 Å². The molecule has 1 fully saturated rings. The Kier molecular flexibility index (Phi) is 11.8. The number of halogens is 1. The molecule has 3 rings (SSSR count). The molecule has 0 spiro atoms. The Balaban J connectivity index is 0.00000363. The first-order valence-corrected chi connectivity index (χ1v) is 11.3. The van der Waals surface area contributed by atoms with Crippen LogP contribution < -0.4 is 20.7 Å². The number of aliphatic imine (C=N–C) groups is 1. The summed E-state index contributed by atoms with van der Waals surface area (Å²) in [6, 6.07) is 12.1. The number of amides is 1. The van der Waals surface area contributed by atoms with Gasteiger partial charge in [0.2, 0.25) is 5.91 Å². The average Bonchev–Trinajstić information content (AvgIpc) is 3.35. The maximum Gasteiger partial charge on any atom is 0.239 e. The fraction of sp³-hybridized carbons (Fsp3) is 0.455. The van der Waals surface area contributed by atoms with Crippen LogP contribution in [-0.2, 0) is 16.1 Å². The quantitative estimate of drug-likeness (QED) is 0.243. The van der Waals surface area contributed by atoms with Crippen molar-refractivity contribution in [2.24, 2.45) is 4.99 Å². The van der Waals surface area contributed by atoms with Crippen LogP contribution in [0.3, 0.4) is 0 Å². The van der Waals surface area contributed by atoms with E-state index in [4.69, 9.17) is 9.47 Å². The lowest BCUT2D eigenvalue weighted by Gasteiger charge is -2.34. The van der Waals surface area contributed by atoms with Crippen LogP contribution in [0.1, 0.15) is 16.5 Å². The van der Waals surface area contributed by atoms with E-state index in [-0.39, 0.29) is 42.5 Å². The molecular weight excluding hydrogens is 541 g/mol. The predicted octanol–water partition coefficient (Wildman–Crippen LogP) is 2.23. The number of hydrogen-bond acceptors (Lipinski definition) is 6. The van der Waals surface area contributed by atoms with Gasteiger partial charge in [-0.05, 0) is 29.1 Å². The molecule has 0 radical (unpaired) electrons. The Morgan fingerprint density at radius 3 is 2.56 bits per heavy atom. The van der Waals surface area contributed by atoms with Gasteiger partial charge in [-0.2, -0.15) is 0 Å². The molecule has 32 heavy (non-hydrogen) atoms. The third-order valence-electron chi connectivity index (χ3n) is 5.11. The zero-order chi connectivity index (χ0) is 21.9. The molecule has 176 valence electrons. The number of methoxy groups -OCH3 is 1. The van der Waals surface area contributed by atoms with E-state index in [1.54, 1.807) is 25.5 Å². The van der Waals surface area contributed by atoms with Crippen LogP contribution in [0.5, 0.6) is 5.75 Å². The van der Waals surface area contributed by atoms with Crippen LogP contribution in [-0.4, -0.2) is 70.3 Å². The Bertz CT molecular complexity index is 827. The molecule has 10 heteroatoms. The number of nitrogens with one attached hydrogen (secondary N) is 3. The Morgan fingerprint density at radius 1 is 1.19 bits per heavy atom. The lowest BCUT2D eigenvalue weighted by atomic mass is 10.2. The zero-order valence-electron chi connectivity index (χ0n) is 18.5. The fourth-order valence-corrected chi connectivity index (χ4v) is 4.23. The second-order valence-corrected chi connectivity index (χ2v) is 8.09. The van der Waals surface area contributed by atoms with Gasteiger partial charge in [-0.15, -0.1) is 35.3 Å². The number of hydrogen-bond donors (Lipinski definition) is 3. The molecule has 1 saturated heterocycles. The Morgan fingerprint density at radius 2 is 1.94 bits per heavy atom. The molecule has 1 aromatic heterocycles. The highest BCUT2D eigenvalue weighted by molar-refractivity contribution is 14.0. The van der Waals surface area contributed by atoms with Gasteiger partial charge in [-0.3, -0.25) is 14.7 Å². The van der Waals surface area contributed by atoms with Gasteiger partial charge in [0.1, 0.15) is 5.75 Å². The normalized spacial score (nSPS) is 15.4. The number of nitrogens with zero attached hydrogens (tertiary/aromatic N) is 2. The van der Waals surface area contributed by atoms with E-state index >= 15 is 0 Å². The number of ether oxygens (including phenoxy) is 2. The minimum atomic E-state index is -0.0956. The molecule has 1 aliphatic rings. The summed E-state index contributed by atoms with van der Waals surface area (Å²) in [7, 11) is 3.34. The largest absolute Gasteiger partial charge is 0.497 e. The first kappa shape index (κ1) is 26.4. The van der Waals surface area contributed by atoms with Crippen LogP contribution in [0, 0.1) is 0 Å². The van der Waals surface area contributed by atoms with Crippen molar-refractivity contribution in [2.45, 2.75) is 12.6 Å². The van der Waals surface area contributed by atoms with E-state index in [0.29, 0.717) is 19.0 Å². The molecule has 2 aromatic rings. The lowest BCUT2D eigenvalue weighted by Crippen LogP contribution is -2.47. The SMILES string of the molecule is CN=C(NCC(=O)NCc1ccc(OC)cc1)NCC(c1cccs1)N1CCOCC1.I. The number of carbonyl (C=O) groups excluding carboxylic acids is 1.